The van der Waals surface area contributed by atoms with Crippen LogP contribution in [0.15, 0.2) is 322 Å². The van der Waals surface area contributed by atoms with E-state index in [-0.39, 0.29) is 10.8 Å². The van der Waals surface area contributed by atoms with Gasteiger partial charge in [0.05, 0.1) is 5.69 Å². The van der Waals surface area contributed by atoms with Gasteiger partial charge in [0.25, 0.3) is 0 Å². The molecule has 15 aromatic carbocycles. The standard InChI is InChI=1S/C60H73N.C48H32/c1-5-9-13-27-39-59(40-28-14-10-6-2)53-38-26-25-35-48(53)51-43-55-52(44-54(51)59)58-50-37-24-23-36-49(50)57(61(46-31-19-17-20-32-46)47-33-21-18-22-34-47)45-56(58)60(55,41-29-15-11-7-3)42-30-16-12-8-4;1-2-15-34(16-3-1)47-43-25-6-8-27-45(43)48(46-28-9-7-26-44(46)47)40-23-12-21-38(32-40)36-19-10-18-35(30-36)37-20-11-22-39(31-37)42-29-13-17-33-14-4-5-24-41(33)42/h17-26,31-38,43-45H,5-16,27-30,39-42H2,1-4H3;1-32H. The molecule has 1 nitrogen and oxygen atoms in total. The molecule has 0 atom stereocenters. The van der Waals surface area contributed by atoms with Gasteiger partial charge < -0.3 is 4.90 Å². The normalized spacial score (nSPS) is 12.9. The third kappa shape index (κ3) is 14.3. The summed E-state index contributed by atoms with van der Waals surface area (Å²) in [6.45, 7) is 9.43. The minimum Gasteiger partial charge on any atom is -0.310 e. The Morgan fingerprint density at radius 2 is 0.560 bits per heavy atom. The van der Waals surface area contributed by atoms with Gasteiger partial charge in [0.15, 0.2) is 0 Å². The van der Waals surface area contributed by atoms with Crippen LogP contribution in [0.1, 0.15) is 178 Å². The summed E-state index contributed by atoms with van der Waals surface area (Å²) in [5.41, 5.74) is 28.6. The van der Waals surface area contributed by atoms with Crippen LogP contribution in [0.25, 0.3) is 121 Å². The topological polar surface area (TPSA) is 3.24 Å². The second-order valence-electron chi connectivity index (χ2n) is 31.2. The van der Waals surface area contributed by atoms with Crippen LogP contribution in [-0.2, 0) is 10.8 Å². The van der Waals surface area contributed by atoms with Gasteiger partial charge in [-0.1, -0.05) is 391 Å². The summed E-state index contributed by atoms with van der Waals surface area (Å²) < 4.78 is 0. The molecule has 0 amide bonds. The molecule has 15 aromatic rings. The molecular formula is C108H105N. The van der Waals surface area contributed by atoms with Crippen molar-refractivity contribution in [3.63, 3.8) is 0 Å². The van der Waals surface area contributed by atoms with Gasteiger partial charge in [0, 0.05) is 27.6 Å². The van der Waals surface area contributed by atoms with E-state index in [0.29, 0.717) is 0 Å². The second kappa shape index (κ2) is 33.3. The van der Waals surface area contributed by atoms with Gasteiger partial charge in [-0.15, -0.1) is 0 Å². The van der Waals surface area contributed by atoms with Crippen molar-refractivity contribution in [2.24, 2.45) is 0 Å². The monoisotopic (exact) mass is 1420 g/mol. The van der Waals surface area contributed by atoms with Gasteiger partial charge in [-0.05, 0) is 224 Å². The SMILES string of the molecule is CCCCCCC1(CCCCCC)c2ccccc2-c2cc3c(cc21)-c1c(cc(N(c2ccccc2)c2ccccc2)c2ccccc12)C3(CCCCCC)CCCCCC.c1ccc(-c2c3ccccc3c(-c3cccc(-c4cccc(-c5cccc(-c6cccc7ccccc67)c5)c4)c3)c3ccccc23)cc1. The van der Waals surface area contributed by atoms with Crippen molar-refractivity contribution in [1.29, 1.82) is 0 Å². The van der Waals surface area contributed by atoms with Crippen molar-refractivity contribution in [2.75, 3.05) is 4.90 Å². The van der Waals surface area contributed by atoms with Gasteiger partial charge in [-0.3, -0.25) is 0 Å². The lowest BCUT2D eigenvalue weighted by Crippen LogP contribution is -2.27. The van der Waals surface area contributed by atoms with E-state index in [1.54, 1.807) is 27.8 Å². The number of para-hydroxylation sites is 2. The zero-order valence-electron chi connectivity index (χ0n) is 64.7. The summed E-state index contributed by atoms with van der Waals surface area (Å²) in [4.78, 5) is 2.54. The molecule has 0 radical (unpaired) electrons. The summed E-state index contributed by atoms with van der Waals surface area (Å²) in [5.74, 6) is 0. The Morgan fingerprint density at radius 3 is 1.08 bits per heavy atom. The molecule has 2 aliphatic carbocycles. The van der Waals surface area contributed by atoms with E-state index in [4.69, 9.17) is 0 Å². The third-order valence-corrected chi connectivity index (χ3v) is 24.5. The van der Waals surface area contributed by atoms with Gasteiger partial charge >= 0.3 is 0 Å². The molecule has 0 saturated carbocycles. The van der Waals surface area contributed by atoms with Crippen LogP contribution in [0.2, 0.25) is 0 Å². The maximum Gasteiger partial charge on any atom is 0.0543 e. The molecule has 0 saturated heterocycles. The van der Waals surface area contributed by atoms with Crippen LogP contribution < -0.4 is 4.90 Å². The van der Waals surface area contributed by atoms with Crippen LogP contribution in [-0.4, -0.2) is 0 Å². The predicted octanol–water partition coefficient (Wildman–Crippen LogP) is 32.2. The maximum absolute atomic E-state index is 2.81. The van der Waals surface area contributed by atoms with Crippen molar-refractivity contribution in [2.45, 2.75) is 167 Å². The van der Waals surface area contributed by atoms with Gasteiger partial charge in [0.2, 0.25) is 0 Å². The highest BCUT2D eigenvalue weighted by molar-refractivity contribution is 6.21. The first-order chi connectivity index (χ1) is 53.9. The van der Waals surface area contributed by atoms with E-state index in [1.807, 2.05) is 0 Å². The summed E-state index contributed by atoms with van der Waals surface area (Å²) in [6.07, 6.45) is 25.6. The first kappa shape index (κ1) is 72.3. The molecule has 0 N–H and O–H groups in total. The minimum absolute atomic E-state index is 0.0541. The zero-order chi connectivity index (χ0) is 73.9. The van der Waals surface area contributed by atoms with Crippen molar-refractivity contribution in [3.05, 3.63) is 344 Å². The number of unbranched alkanes of at least 4 members (excludes halogenated alkanes) is 12. The average molecular weight is 1420 g/mol. The lowest BCUT2D eigenvalue weighted by atomic mass is 9.68. The second-order valence-corrected chi connectivity index (χ2v) is 31.2. The molecule has 2 aliphatic rings. The Kier molecular flexibility index (Phi) is 22.1. The predicted molar refractivity (Wildman–Crippen MR) is 472 cm³/mol. The molecule has 0 aromatic heterocycles. The number of rotatable bonds is 28. The number of nitrogens with zero attached hydrogens (tertiary/aromatic N) is 1. The number of hydrogen-bond donors (Lipinski definition) is 0. The summed E-state index contributed by atoms with van der Waals surface area (Å²) in [7, 11) is 0. The fraction of sp³-hybridized carbons (Fsp3) is 0.241. The summed E-state index contributed by atoms with van der Waals surface area (Å²) in [6, 6.07) is 120. The molecule has 109 heavy (non-hydrogen) atoms. The molecule has 0 aliphatic heterocycles. The molecule has 0 heterocycles. The first-order valence-corrected chi connectivity index (χ1v) is 41.5. The maximum atomic E-state index is 2.81. The van der Waals surface area contributed by atoms with Crippen molar-refractivity contribution < 1.29 is 0 Å². The fourth-order valence-electron chi connectivity index (χ4n) is 19.2. The third-order valence-electron chi connectivity index (χ3n) is 24.5. The quantitative estimate of drug-likeness (QED) is 0.0349. The number of anilines is 3. The van der Waals surface area contributed by atoms with Crippen LogP contribution >= 0.6 is 0 Å². The molecule has 1 heteroatoms. The van der Waals surface area contributed by atoms with Crippen LogP contribution in [0.5, 0.6) is 0 Å². The molecule has 0 fully saturated rings. The Bertz CT molecular complexity index is 5520. The minimum atomic E-state index is -0.0541. The van der Waals surface area contributed by atoms with E-state index < -0.39 is 0 Å². The van der Waals surface area contributed by atoms with Gasteiger partial charge in [0.1, 0.15) is 0 Å². The summed E-state index contributed by atoms with van der Waals surface area (Å²) >= 11 is 0. The van der Waals surface area contributed by atoms with Crippen LogP contribution in [0.4, 0.5) is 17.1 Å². The molecular weight excluding hydrogens is 1310 g/mol. The molecule has 17 rings (SSSR count). The van der Waals surface area contributed by atoms with Crippen molar-refractivity contribution in [3.8, 4) is 77.9 Å². The Labute approximate surface area is 649 Å². The summed E-state index contributed by atoms with van der Waals surface area (Å²) in [5, 5.41) is 10.4. The highest BCUT2D eigenvalue weighted by atomic mass is 15.1. The molecule has 0 unspecified atom stereocenters. The smallest absolute Gasteiger partial charge is 0.0543 e. The average Bonchev–Trinajstić information content (AvgIpc) is 1.52. The number of fused-ring (bicyclic) bond motifs is 11. The van der Waals surface area contributed by atoms with Crippen LogP contribution in [0, 0.1) is 0 Å². The molecule has 542 valence electrons. The number of benzene rings is 15. The van der Waals surface area contributed by atoms with E-state index in [0.717, 1.165) is 0 Å². The molecule has 0 spiro atoms. The van der Waals surface area contributed by atoms with Crippen LogP contribution in [0.3, 0.4) is 0 Å². The molecule has 0 bridgehead atoms. The van der Waals surface area contributed by atoms with Gasteiger partial charge in [-0.2, -0.15) is 0 Å². The van der Waals surface area contributed by atoms with E-state index >= 15 is 0 Å². The van der Waals surface area contributed by atoms with Crippen molar-refractivity contribution >= 4 is 60.2 Å². The van der Waals surface area contributed by atoms with Gasteiger partial charge in [-0.25, -0.2) is 0 Å². The first-order valence-electron chi connectivity index (χ1n) is 41.5. The van der Waals surface area contributed by atoms with E-state index in [9.17, 15) is 0 Å². The fourth-order valence-corrected chi connectivity index (χ4v) is 19.2. The Morgan fingerprint density at radius 1 is 0.211 bits per heavy atom. The Balaban J connectivity index is 0.000000170. The highest BCUT2D eigenvalue weighted by Gasteiger charge is 2.49. The van der Waals surface area contributed by atoms with Crippen molar-refractivity contribution in [1.82, 2.24) is 0 Å². The number of hydrogen-bond acceptors (Lipinski definition) is 1. The van der Waals surface area contributed by atoms with E-state index in [2.05, 4.69) is 354 Å². The lowest BCUT2D eigenvalue weighted by Gasteiger charge is -2.35. The lowest BCUT2D eigenvalue weighted by molar-refractivity contribution is 0.397. The largest absolute Gasteiger partial charge is 0.310 e. The zero-order valence-corrected chi connectivity index (χ0v) is 64.7. The highest BCUT2D eigenvalue weighted by Crippen LogP contribution is 2.63. The Hall–Kier alpha value is -10.9. The van der Waals surface area contributed by atoms with E-state index in [1.165, 1.54) is 261 Å².